The van der Waals surface area contributed by atoms with E-state index in [0.717, 1.165) is 43.5 Å². The van der Waals surface area contributed by atoms with E-state index in [1.54, 1.807) is 0 Å². The van der Waals surface area contributed by atoms with Gasteiger partial charge in [0.15, 0.2) is 5.82 Å². The van der Waals surface area contributed by atoms with Gasteiger partial charge in [0.05, 0.1) is 11.7 Å². The first kappa shape index (κ1) is 18.7. The summed E-state index contributed by atoms with van der Waals surface area (Å²) in [5.74, 6) is 1.52. The Morgan fingerprint density at radius 1 is 1.17 bits per heavy atom. The minimum Gasteiger partial charge on any atom is -0.334 e. The largest absolute Gasteiger partial charge is 0.334 e. The van der Waals surface area contributed by atoms with Gasteiger partial charge in [-0.15, -0.1) is 5.10 Å². The summed E-state index contributed by atoms with van der Waals surface area (Å²) >= 11 is 0. The van der Waals surface area contributed by atoms with Crippen molar-refractivity contribution < 1.29 is 9.18 Å². The van der Waals surface area contributed by atoms with E-state index < -0.39 is 0 Å². The molecule has 2 fully saturated rings. The Hall–Kier alpha value is -3.36. The predicted octanol–water partition coefficient (Wildman–Crippen LogP) is 3.83. The molecule has 1 aliphatic carbocycles. The third-order valence-corrected chi connectivity index (χ3v) is 5.59. The molecule has 1 aromatic carbocycles. The number of carbonyl (C=O) groups excluding carboxylic acids is 1. The van der Waals surface area contributed by atoms with E-state index in [1.165, 1.54) is 30.1 Å². The highest BCUT2D eigenvalue weighted by Crippen LogP contribution is 2.41. The van der Waals surface area contributed by atoms with Crippen molar-refractivity contribution in [2.45, 2.75) is 44.6 Å². The van der Waals surface area contributed by atoms with Crippen molar-refractivity contribution in [2.24, 2.45) is 0 Å². The van der Waals surface area contributed by atoms with Gasteiger partial charge in [-0.05, 0) is 43.4 Å². The second-order valence-corrected chi connectivity index (χ2v) is 7.80. The second-order valence-electron chi connectivity index (χ2n) is 7.80. The van der Waals surface area contributed by atoms with Crippen LogP contribution in [0.1, 0.15) is 60.6 Å². The van der Waals surface area contributed by atoms with Gasteiger partial charge in [-0.1, -0.05) is 12.1 Å². The number of nitrogens with zero attached hydrogens (tertiary/aromatic N) is 6. The van der Waals surface area contributed by atoms with Gasteiger partial charge in [0.25, 0.3) is 0 Å². The van der Waals surface area contributed by atoms with E-state index in [9.17, 15) is 9.18 Å². The van der Waals surface area contributed by atoms with Gasteiger partial charge in [0.2, 0.25) is 17.8 Å². The van der Waals surface area contributed by atoms with E-state index in [0.29, 0.717) is 23.6 Å². The lowest BCUT2D eigenvalue weighted by atomic mass is 10.0. The van der Waals surface area contributed by atoms with Crippen molar-refractivity contribution in [1.29, 1.82) is 0 Å². The molecular weight excluding hydrogens is 385 g/mol. The Labute approximate surface area is 173 Å². The summed E-state index contributed by atoms with van der Waals surface area (Å²) in [7, 11) is 0. The predicted molar refractivity (Wildman–Crippen MR) is 109 cm³/mol. The summed E-state index contributed by atoms with van der Waals surface area (Å²) in [6.07, 6.45) is 5.58. The van der Waals surface area contributed by atoms with Crippen LogP contribution in [-0.4, -0.2) is 37.2 Å². The topological polar surface area (TPSA) is 88.8 Å². The van der Waals surface area contributed by atoms with E-state index in [2.05, 4.69) is 30.3 Å². The third-order valence-electron chi connectivity index (χ3n) is 5.59. The first-order valence-corrected chi connectivity index (χ1v) is 10.2. The van der Waals surface area contributed by atoms with E-state index >= 15 is 0 Å². The number of halogens is 1. The number of aromatic nitrogens is 5. The average Bonchev–Trinajstić information content (AvgIpc) is 3.31. The number of hydrogen-bond acceptors (Lipinski definition) is 7. The van der Waals surface area contributed by atoms with Gasteiger partial charge in [0.1, 0.15) is 12.1 Å². The maximum absolute atomic E-state index is 13.3. The third kappa shape index (κ3) is 3.62. The zero-order chi connectivity index (χ0) is 20.7. The van der Waals surface area contributed by atoms with Crippen LogP contribution in [0.4, 0.5) is 22.1 Å². The van der Waals surface area contributed by atoms with Crippen molar-refractivity contribution in [1.82, 2.24) is 24.7 Å². The Bertz CT molecular complexity index is 1080. The van der Waals surface area contributed by atoms with Crippen LogP contribution in [0.3, 0.4) is 0 Å². The fourth-order valence-electron chi connectivity index (χ4n) is 4.02. The van der Waals surface area contributed by atoms with Crippen LogP contribution in [0.15, 0.2) is 36.7 Å². The minimum atomic E-state index is -0.245. The molecule has 1 saturated heterocycles. The van der Waals surface area contributed by atoms with E-state index in [4.69, 9.17) is 0 Å². The lowest BCUT2D eigenvalue weighted by molar-refractivity contribution is 0.0918. The van der Waals surface area contributed by atoms with Crippen LogP contribution in [-0.2, 0) is 0 Å². The number of rotatable bonds is 5. The molecule has 1 unspecified atom stereocenters. The van der Waals surface area contributed by atoms with Crippen LogP contribution < -0.4 is 10.2 Å². The molecule has 0 amide bonds. The van der Waals surface area contributed by atoms with Crippen LogP contribution >= 0.6 is 0 Å². The van der Waals surface area contributed by atoms with Crippen molar-refractivity contribution in [3.63, 3.8) is 0 Å². The normalized spacial score (nSPS) is 18.6. The highest BCUT2D eigenvalue weighted by atomic mass is 19.1. The molecule has 8 nitrogen and oxygen atoms in total. The van der Waals surface area contributed by atoms with Crippen molar-refractivity contribution >= 4 is 23.6 Å². The van der Waals surface area contributed by atoms with Crippen LogP contribution in [0.2, 0.25) is 0 Å². The Kier molecular flexibility index (Phi) is 4.65. The Morgan fingerprint density at radius 2 is 1.97 bits per heavy atom. The summed E-state index contributed by atoms with van der Waals surface area (Å²) in [5, 5.41) is 7.48. The lowest BCUT2D eigenvalue weighted by Crippen LogP contribution is -2.25. The van der Waals surface area contributed by atoms with Gasteiger partial charge in [-0.2, -0.15) is 4.98 Å². The van der Waals surface area contributed by atoms with Crippen LogP contribution in [0, 0.1) is 5.82 Å². The SMILES string of the molecule is CC(=O)n1nc(Nc2ncnc(N3CCCC3c3ccc(F)cc3)n2)cc1C1CC1. The highest BCUT2D eigenvalue weighted by Gasteiger charge is 2.30. The quantitative estimate of drug-likeness (QED) is 0.687. The van der Waals surface area contributed by atoms with Crippen molar-refractivity contribution in [2.75, 3.05) is 16.8 Å². The molecule has 3 aromatic rings. The molecule has 1 atom stereocenters. The number of benzene rings is 1. The summed E-state index contributed by atoms with van der Waals surface area (Å²) in [5.41, 5.74) is 1.97. The zero-order valence-corrected chi connectivity index (χ0v) is 16.6. The first-order chi connectivity index (χ1) is 14.6. The minimum absolute atomic E-state index is 0.0965. The lowest BCUT2D eigenvalue weighted by Gasteiger charge is -2.25. The number of carbonyl (C=O) groups is 1. The van der Waals surface area contributed by atoms with Gasteiger partial charge in [0, 0.05) is 25.5 Å². The van der Waals surface area contributed by atoms with Gasteiger partial charge >= 0.3 is 0 Å². The molecule has 154 valence electrons. The standard InChI is InChI=1S/C21H22FN7O/c1-13(30)29-18(15-4-5-15)11-19(27-29)25-20-23-12-24-21(26-20)28-10-2-3-17(28)14-6-8-16(22)9-7-14/h6-9,11-12,15,17H,2-5,10H2,1H3,(H,23,24,25,26,27). The molecule has 1 N–H and O–H groups in total. The average molecular weight is 407 g/mol. The zero-order valence-electron chi connectivity index (χ0n) is 16.6. The summed E-state index contributed by atoms with van der Waals surface area (Å²) in [6, 6.07) is 8.57. The molecule has 2 aliphatic rings. The Balaban J connectivity index is 1.38. The molecule has 1 saturated carbocycles. The molecule has 3 heterocycles. The van der Waals surface area contributed by atoms with Crippen LogP contribution in [0.25, 0.3) is 0 Å². The first-order valence-electron chi connectivity index (χ1n) is 10.2. The maximum atomic E-state index is 13.3. The molecule has 0 radical (unpaired) electrons. The molecule has 0 spiro atoms. The Morgan fingerprint density at radius 3 is 2.70 bits per heavy atom. The van der Waals surface area contributed by atoms with Crippen LogP contribution in [0.5, 0.6) is 0 Å². The van der Waals surface area contributed by atoms with Gasteiger partial charge in [-0.3, -0.25) is 4.79 Å². The smallest absolute Gasteiger partial charge is 0.244 e. The van der Waals surface area contributed by atoms with Gasteiger partial charge < -0.3 is 10.2 Å². The summed E-state index contributed by atoms with van der Waals surface area (Å²) in [6.45, 7) is 2.32. The van der Waals surface area contributed by atoms with E-state index in [1.807, 2.05) is 18.2 Å². The second kappa shape index (κ2) is 7.47. The van der Waals surface area contributed by atoms with Gasteiger partial charge in [-0.25, -0.2) is 19.0 Å². The molecule has 2 aromatic heterocycles. The molecular formula is C21H22FN7O. The fourth-order valence-corrected chi connectivity index (χ4v) is 4.02. The molecule has 0 bridgehead atoms. The molecule has 9 heteroatoms. The molecule has 5 rings (SSSR count). The monoisotopic (exact) mass is 407 g/mol. The fraction of sp³-hybridized carbons (Fsp3) is 0.381. The highest BCUT2D eigenvalue weighted by molar-refractivity contribution is 5.77. The summed E-state index contributed by atoms with van der Waals surface area (Å²) in [4.78, 5) is 27.1. The maximum Gasteiger partial charge on any atom is 0.244 e. The molecule has 1 aliphatic heterocycles. The molecule has 30 heavy (non-hydrogen) atoms. The number of anilines is 3. The van der Waals surface area contributed by atoms with E-state index in [-0.39, 0.29) is 17.8 Å². The number of hydrogen-bond donors (Lipinski definition) is 1. The van der Waals surface area contributed by atoms with Crippen molar-refractivity contribution in [3.05, 3.63) is 53.7 Å². The number of nitrogens with one attached hydrogen (secondary N) is 1. The van der Waals surface area contributed by atoms with Crippen molar-refractivity contribution in [3.8, 4) is 0 Å². The summed E-state index contributed by atoms with van der Waals surface area (Å²) < 4.78 is 14.8.